The van der Waals surface area contributed by atoms with Crippen molar-refractivity contribution in [1.29, 1.82) is 0 Å². The Labute approximate surface area is 168 Å². The number of nitrogens with zero attached hydrogens (tertiary/aromatic N) is 1. The van der Waals surface area contributed by atoms with Crippen LogP contribution in [0.1, 0.15) is 39.3 Å². The summed E-state index contributed by atoms with van der Waals surface area (Å²) in [7, 11) is 1.37. The van der Waals surface area contributed by atoms with Crippen LogP contribution in [0.2, 0.25) is 0 Å². The Morgan fingerprint density at radius 2 is 1.93 bits per heavy atom. The molecule has 1 unspecified atom stereocenters. The van der Waals surface area contributed by atoms with Crippen LogP contribution in [-0.4, -0.2) is 37.2 Å². The van der Waals surface area contributed by atoms with Gasteiger partial charge in [0.15, 0.2) is 11.5 Å². The van der Waals surface area contributed by atoms with Crippen molar-refractivity contribution in [3.63, 3.8) is 0 Å². The number of nitrogens with one attached hydrogen (secondary N) is 2. The summed E-state index contributed by atoms with van der Waals surface area (Å²) in [5.74, 6) is -0.464. The Hall–Kier alpha value is -3.30. The standard InChI is InChI=1S/C19H25N3O7/c1-6-28-14-8-11(12(22(25)26)9-13(14)27-5)17-15(18(23)29-7-2)16(10(3)4)20-19(24)21-17/h8-10,17H,6-7H2,1-5H3,(H2,20,21,24). The zero-order chi connectivity index (χ0) is 21.7. The number of hydrogen-bond acceptors (Lipinski definition) is 7. The Kier molecular flexibility index (Phi) is 7.03. The highest BCUT2D eigenvalue weighted by atomic mass is 16.6. The van der Waals surface area contributed by atoms with Crippen LogP contribution in [-0.2, 0) is 9.53 Å². The first-order valence-corrected chi connectivity index (χ1v) is 9.22. The number of hydrogen-bond donors (Lipinski definition) is 2. The van der Waals surface area contributed by atoms with Crippen LogP contribution in [0.3, 0.4) is 0 Å². The van der Waals surface area contributed by atoms with Gasteiger partial charge in [0.25, 0.3) is 5.69 Å². The predicted octanol–water partition coefficient (Wildman–Crippen LogP) is 2.83. The van der Waals surface area contributed by atoms with Gasteiger partial charge in [0.05, 0.1) is 48.5 Å². The van der Waals surface area contributed by atoms with Gasteiger partial charge >= 0.3 is 12.0 Å². The molecule has 0 aromatic heterocycles. The maximum absolute atomic E-state index is 12.7. The van der Waals surface area contributed by atoms with E-state index in [-0.39, 0.29) is 40.8 Å². The van der Waals surface area contributed by atoms with Gasteiger partial charge in [-0.1, -0.05) is 13.8 Å². The number of nitro benzene ring substituents is 1. The number of allylic oxidation sites excluding steroid dienone is 1. The molecule has 1 aromatic carbocycles. The molecule has 0 spiro atoms. The molecule has 2 amide bonds. The molecule has 1 aliphatic heterocycles. The highest BCUT2D eigenvalue weighted by molar-refractivity contribution is 5.95. The van der Waals surface area contributed by atoms with E-state index in [2.05, 4.69) is 10.6 Å². The van der Waals surface area contributed by atoms with Crippen LogP contribution < -0.4 is 20.1 Å². The van der Waals surface area contributed by atoms with Gasteiger partial charge in [-0.15, -0.1) is 0 Å². The second-order valence-electron chi connectivity index (χ2n) is 6.49. The summed E-state index contributed by atoms with van der Waals surface area (Å²) in [6.07, 6.45) is 0. The fraction of sp³-hybridized carbons (Fsp3) is 0.474. The number of rotatable bonds is 8. The summed E-state index contributed by atoms with van der Waals surface area (Å²) in [6.45, 7) is 7.41. The topological polar surface area (TPSA) is 129 Å². The van der Waals surface area contributed by atoms with Gasteiger partial charge in [-0.3, -0.25) is 10.1 Å². The van der Waals surface area contributed by atoms with Crippen molar-refractivity contribution >= 4 is 17.7 Å². The van der Waals surface area contributed by atoms with E-state index in [1.807, 2.05) is 0 Å². The monoisotopic (exact) mass is 407 g/mol. The highest BCUT2D eigenvalue weighted by Gasteiger charge is 2.38. The first-order chi connectivity index (χ1) is 13.7. The van der Waals surface area contributed by atoms with E-state index in [1.54, 1.807) is 27.7 Å². The summed E-state index contributed by atoms with van der Waals surface area (Å²) >= 11 is 0. The van der Waals surface area contributed by atoms with Gasteiger partial charge in [-0.25, -0.2) is 9.59 Å². The van der Waals surface area contributed by atoms with Crippen molar-refractivity contribution in [3.05, 3.63) is 39.1 Å². The molecule has 0 radical (unpaired) electrons. The second kappa shape index (κ2) is 9.26. The maximum Gasteiger partial charge on any atom is 0.338 e. The Bertz CT molecular complexity index is 848. The minimum atomic E-state index is -1.09. The van der Waals surface area contributed by atoms with Crippen LogP contribution in [0.5, 0.6) is 11.5 Å². The maximum atomic E-state index is 12.7. The number of carbonyl (C=O) groups is 2. The molecular weight excluding hydrogens is 382 g/mol. The first kappa shape index (κ1) is 22.0. The average molecular weight is 407 g/mol. The van der Waals surface area contributed by atoms with Crippen LogP contribution in [0, 0.1) is 16.0 Å². The molecule has 1 heterocycles. The molecule has 10 nitrogen and oxygen atoms in total. The van der Waals surface area contributed by atoms with Crippen molar-refractivity contribution in [3.8, 4) is 11.5 Å². The van der Waals surface area contributed by atoms with E-state index in [4.69, 9.17) is 14.2 Å². The van der Waals surface area contributed by atoms with Crippen LogP contribution in [0.15, 0.2) is 23.4 Å². The SMILES string of the molecule is CCOC(=O)C1=C(C(C)C)NC(=O)NC1c1cc(OCC)c(OC)cc1[N+](=O)[O-]. The number of benzene rings is 1. The van der Waals surface area contributed by atoms with Gasteiger partial charge in [0, 0.05) is 5.70 Å². The molecule has 158 valence electrons. The fourth-order valence-electron chi connectivity index (χ4n) is 3.09. The van der Waals surface area contributed by atoms with Gasteiger partial charge in [0.1, 0.15) is 0 Å². The number of urea groups is 1. The van der Waals surface area contributed by atoms with Gasteiger partial charge in [-0.2, -0.15) is 0 Å². The van der Waals surface area contributed by atoms with Crippen molar-refractivity contribution < 1.29 is 28.7 Å². The zero-order valence-corrected chi connectivity index (χ0v) is 17.0. The molecule has 0 aliphatic carbocycles. The van der Waals surface area contributed by atoms with E-state index in [9.17, 15) is 19.7 Å². The molecule has 1 atom stereocenters. The number of amides is 2. The molecule has 29 heavy (non-hydrogen) atoms. The Morgan fingerprint density at radius 3 is 2.45 bits per heavy atom. The number of carbonyl (C=O) groups excluding carboxylic acids is 2. The zero-order valence-electron chi connectivity index (χ0n) is 17.0. The van der Waals surface area contributed by atoms with Crippen molar-refractivity contribution in [2.24, 2.45) is 5.92 Å². The van der Waals surface area contributed by atoms with Gasteiger partial charge in [-0.05, 0) is 25.8 Å². The quantitative estimate of drug-likeness (QED) is 0.385. The molecule has 1 aliphatic rings. The smallest absolute Gasteiger partial charge is 0.338 e. The van der Waals surface area contributed by atoms with Crippen molar-refractivity contribution in [2.75, 3.05) is 20.3 Å². The summed E-state index contributed by atoms with van der Waals surface area (Å²) in [4.78, 5) is 36.1. The van der Waals surface area contributed by atoms with Crippen molar-refractivity contribution in [2.45, 2.75) is 33.7 Å². The second-order valence-corrected chi connectivity index (χ2v) is 6.49. The van der Waals surface area contributed by atoms with E-state index in [0.29, 0.717) is 12.3 Å². The summed E-state index contributed by atoms with van der Waals surface area (Å²) in [5, 5.41) is 17.0. The minimum absolute atomic E-state index is 0.0929. The molecule has 10 heteroatoms. The third kappa shape index (κ3) is 4.58. The largest absolute Gasteiger partial charge is 0.493 e. The molecule has 1 aromatic rings. The van der Waals surface area contributed by atoms with Gasteiger partial charge in [0.2, 0.25) is 0 Å². The van der Waals surface area contributed by atoms with E-state index in [0.717, 1.165) is 0 Å². The molecule has 2 N–H and O–H groups in total. The molecule has 0 fully saturated rings. The normalized spacial score (nSPS) is 16.2. The van der Waals surface area contributed by atoms with Crippen LogP contribution in [0.4, 0.5) is 10.5 Å². The number of methoxy groups -OCH3 is 1. The van der Waals surface area contributed by atoms with Crippen LogP contribution in [0.25, 0.3) is 0 Å². The molecular formula is C19H25N3O7. The number of nitro groups is 1. The molecule has 2 rings (SSSR count). The predicted molar refractivity (Wildman–Crippen MR) is 104 cm³/mol. The summed E-state index contributed by atoms with van der Waals surface area (Å²) < 4.78 is 15.9. The van der Waals surface area contributed by atoms with E-state index in [1.165, 1.54) is 19.2 Å². The van der Waals surface area contributed by atoms with E-state index >= 15 is 0 Å². The lowest BCUT2D eigenvalue weighted by Crippen LogP contribution is -2.47. The van der Waals surface area contributed by atoms with Crippen molar-refractivity contribution in [1.82, 2.24) is 10.6 Å². The average Bonchev–Trinajstić information content (AvgIpc) is 2.67. The third-order valence-electron chi connectivity index (χ3n) is 4.30. The first-order valence-electron chi connectivity index (χ1n) is 9.22. The minimum Gasteiger partial charge on any atom is -0.493 e. The summed E-state index contributed by atoms with van der Waals surface area (Å²) in [6, 6.07) is 0.959. The fourth-order valence-corrected chi connectivity index (χ4v) is 3.09. The van der Waals surface area contributed by atoms with Crippen LogP contribution >= 0.6 is 0 Å². The lowest BCUT2D eigenvalue weighted by Gasteiger charge is -2.31. The van der Waals surface area contributed by atoms with E-state index < -0.39 is 23.0 Å². The molecule has 0 saturated carbocycles. The molecule has 0 bridgehead atoms. The number of ether oxygens (including phenoxy) is 3. The molecule has 0 saturated heterocycles. The highest BCUT2D eigenvalue weighted by Crippen LogP contribution is 2.41. The lowest BCUT2D eigenvalue weighted by atomic mass is 9.90. The Morgan fingerprint density at radius 1 is 1.24 bits per heavy atom. The number of esters is 1. The third-order valence-corrected chi connectivity index (χ3v) is 4.30. The lowest BCUT2D eigenvalue weighted by molar-refractivity contribution is -0.385. The van der Waals surface area contributed by atoms with Gasteiger partial charge < -0.3 is 24.8 Å². The summed E-state index contributed by atoms with van der Waals surface area (Å²) in [5.41, 5.74) is 0.232. The Balaban J connectivity index is 2.78.